The standard InChI is InChI=1S/C16H14ClNO4S3/c1-18(25(20,21)15-7-4-8-23-15)9-14(19)22-10-13-16(17)11-5-2-3-6-12(11)24-13/h2-8H,9-10H2,1H3. The number of halogens is 1. The van der Waals surface area contributed by atoms with Gasteiger partial charge in [-0.15, -0.1) is 22.7 Å². The Bertz CT molecular complexity index is 996. The number of hydrogen-bond acceptors (Lipinski definition) is 6. The lowest BCUT2D eigenvalue weighted by Gasteiger charge is -2.15. The molecule has 2 heterocycles. The van der Waals surface area contributed by atoms with Crippen molar-refractivity contribution in [3.63, 3.8) is 0 Å². The summed E-state index contributed by atoms with van der Waals surface area (Å²) in [5, 5.41) is 3.15. The van der Waals surface area contributed by atoms with E-state index in [-0.39, 0.29) is 17.4 Å². The van der Waals surface area contributed by atoms with Gasteiger partial charge in [-0.3, -0.25) is 4.79 Å². The van der Waals surface area contributed by atoms with Gasteiger partial charge in [-0.2, -0.15) is 4.31 Å². The molecule has 3 rings (SSSR count). The Kier molecular flexibility index (Phi) is 5.45. The van der Waals surface area contributed by atoms with Crippen LogP contribution in [0.2, 0.25) is 5.02 Å². The molecule has 0 N–H and O–H groups in total. The molecule has 9 heteroatoms. The van der Waals surface area contributed by atoms with E-state index >= 15 is 0 Å². The zero-order valence-electron chi connectivity index (χ0n) is 13.1. The van der Waals surface area contributed by atoms with Crippen molar-refractivity contribution >= 4 is 60.4 Å². The van der Waals surface area contributed by atoms with Crippen molar-refractivity contribution in [3.05, 3.63) is 51.7 Å². The van der Waals surface area contributed by atoms with Crippen LogP contribution in [-0.4, -0.2) is 32.3 Å². The first-order valence-electron chi connectivity index (χ1n) is 7.21. The fraction of sp³-hybridized carbons (Fsp3) is 0.188. The Morgan fingerprint density at radius 3 is 2.68 bits per heavy atom. The van der Waals surface area contributed by atoms with Gasteiger partial charge in [-0.25, -0.2) is 8.42 Å². The number of nitrogens with zero attached hydrogens (tertiary/aromatic N) is 1. The predicted molar refractivity (Wildman–Crippen MR) is 101 cm³/mol. The van der Waals surface area contributed by atoms with Gasteiger partial charge in [0, 0.05) is 17.1 Å². The Balaban J connectivity index is 1.63. The fourth-order valence-electron chi connectivity index (χ4n) is 2.18. The Morgan fingerprint density at radius 1 is 1.24 bits per heavy atom. The van der Waals surface area contributed by atoms with Gasteiger partial charge in [0.2, 0.25) is 0 Å². The third kappa shape index (κ3) is 3.88. The molecule has 1 aromatic carbocycles. The third-order valence-corrected chi connectivity index (χ3v) is 8.34. The molecule has 0 bridgehead atoms. The molecule has 0 saturated carbocycles. The zero-order chi connectivity index (χ0) is 18.0. The van der Waals surface area contributed by atoms with Crippen molar-refractivity contribution in [3.8, 4) is 0 Å². The molecule has 0 spiro atoms. The number of sulfonamides is 1. The molecule has 0 atom stereocenters. The van der Waals surface area contributed by atoms with Crippen molar-refractivity contribution in [1.29, 1.82) is 0 Å². The summed E-state index contributed by atoms with van der Waals surface area (Å²) >= 11 is 8.85. The molecule has 3 aromatic rings. The molecule has 132 valence electrons. The minimum absolute atomic E-state index is 0.0178. The lowest BCUT2D eigenvalue weighted by Crippen LogP contribution is -2.32. The number of thiophene rings is 2. The lowest BCUT2D eigenvalue weighted by atomic mass is 10.2. The minimum Gasteiger partial charge on any atom is -0.459 e. The summed E-state index contributed by atoms with van der Waals surface area (Å²) in [7, 11) is -2.32. The number of ether oxygens (including phenoxy) is 1. The second-order valence-electron chi connectivity index (χ2n) is 5.19. The monoisotopic (exact) mass is 415 g/mol. The van der Waals surface area contributed by atoms with E-state index in [1.807, 2.05) is 24.3 Å². The molecular formula is C16H14ClNO4S3. The summed E-state index contributed by atoms with van der Waals surface area (Å²) in [5.41, 5.74) is 0. The van der Waals surface area contributed by atoms with Gasteiger partial charge in [-0.1, -0.05) is 35.9 Å². The highest BCUT2D eigenvalue weighted by atomic mass is 35.5. The summed E-state index contributed by atoms with van der Waals surface area (Å²) in [5.74, 6) is -0.629. The van der Waals surface area contributed by atoms with E-state index in [1.54, 1.807) is 11.4 Å². The number of rotatable bonds is 6. The molecule has 0 aliphatic heterocycles. The average molecular weight is 416 g/mol. The van der Waals surface area contributed by atoms with Crippen molar-refractivity contribution in [2.45, 2.75) is 10.8 Å². The molecule has 25 heavy (non-hydrogen) atoms. The van der Waals surface area contributed by atoms with Crippen LogP contribution in [0.1, 0.15) is 4.88 Å². The van der Waals surface area contributed by atoms with Crippen molar-refractivity contribution in [2.24, 2.45) is 0 Å². The number of carbonyl (C=O) groups is 1. The predicted octanol–water partition coefficient (Wildman–Crippen LogP) is 3.98. The second-order valence-corrected chi connectivity index (χ2v) is 9.92. The van der Waals surface area contributed by atoms with Gasteiger partial charge in [0.1, 0.15) is 17.4 Å². The smallest absolute Gasteiger partial charge is 0.321 e. The van der Waals surface area contributed by atoms with Crippen LogP contribution >= 0.6 is 34.3 Å². The highest BCUT2D eigenvalue weighted by Crippen LogP contribution is 2.35. The van der Waals surface area contributed by atoms with Crippen LogP contribution in [-0.2, 0) is 26.2 Å². The van der Waals surface area contributed by atoms with Gasteiger partial charge in [0.05, 0.1) is 9.90 Å². The van der Waals surface area contributed by atoms with E-state index < -0.39 is 16.0 Å². The molecular weight excluding hydrogens is 402 g/mol. The van der Waals surface area contributed by atoms with E-state index in [2.05, 4.69) is 0 Å². The topological polar surface area (TPSA) is 63.7 Å². The molecule has 0 fully saturated rings. The van der Waals surface area contributed by atoms with E-state index in [0.717, 1.165) is 30.6 Å². The maximum absolute atomic E-state index is 12.3. The number of hydrogen-bond donors (Lipinski definition) is 0. The van der Waals surface area contributed by atoms with Gasteiger partial charge < -0.3 is 4.74 Å². The number of likely N-dealkylation sites (N-methyl/N-ethyl adjacent to an activating group) is 1. The van der Waals surface area contributed by atoms with Crippen LogP contribution in [0.5, 0.6) is 0 Å². The maximum Gasteiger partial charge on any atom is 0.321 e. The van der Waals surface area contributed by atoms with Crippen LogP contribution < -0.4 is 0 Å². The van der Waals surface area contributed by atoms with E-state index in [4.69, 9.17) is 16.3 Å². The van der Waals surface area contributed by atoms with Crippen LogP contribution in [0.15, 0.2) is 46.0 Å². The van der Waals surface area contributed by atoms with E-state index in [9.17, 15) is 13.2 Å². The average Bonchev–Trinajstić information content (AvgIpc) is 3.22. The summed E-state index contributed by atoms with van der Waals surface area (Å²) in [6, 6.07) is 10.8. The van der Waals surface area contributed by atoms with Crippen LogP contribution in [0, 0.1) is 0 Å². The summed E-state index contributed by atoms with van der Waals surface area (Å²) in [6.45, 7) is -0.341. The van der Waals surface area contributed by atoms with Crippen molar-refractivity contribution in [2.75, 3.05) is 13.6 Å². The SMILES string of the molecule is CN(CC(=O)OCc1sc2ccccc2c1Cl)S(=O)(=O)c1cccs1. The van der Waals surface area contributed by atoms with Crippen LogP contribution in [0.3, 0.4) is 0 Å². The first kappa shape index (κ1) is 18.3. The molecule has 0 saturated heterocycles. The molecule has 0 unspecified atom stereocenters. The Labute approximate surface area is 158 Å². The molecule has 0 aliphatic carbocycles. The quantitative estimate of drug-likeness (QED) is 0.571. The van der Waals surface area contributed by atoms with E-state index in [1.165, 1.54) is 24.5 Å². The summed E-state index contributed by atoms with van der Waals surface area (Å²) < 4.78 is 32.0. The van der Waals surface area contributed by atoms with Crippen molar-refractivity contribution in [1.82, 2.24) is 4.31 Å². The highest BCUT2D eigenvalue weighted by Gasteiger charge is 2.24. The van der Waals surface area contributed by atoms with Crippen LogP contribution in [0.4, 0.5) is 0 Å². The van der Waals surface area contributed by atoms with Crippen LogP contribution in [0.25, 0.3) is 10.1 Å². The number of esters is 1. The maximum atomic E-state index is 12.3. The molecule has 0 amide bonds. The minimum atomic E-state index is -3.67. The fourth-order valence-corrected chi connectivity index (χ4v) is 5.90. The first-order chi connectivity index (χ1) is 11.9. The number of fused-ring (bicyclic) bond motifs is 1. The highest BCUT2D eigenvalue weighted by molar-refractivity contribution is 7.91. The number of carbonyl (C=O) groups excluding carboxylic acids is 1. The second kappa shape index (κ2) is 7.43. The third-order valence-electron chi connectivity index (χ3n) is 3.48. The normalized spacial score (nSPS) is 12.0. The Morgan fingerprint density at radius 2 is 2.00 bits per heavy atom. The molecule has 0 aliphatic rings. The molecule has 5 nitrogen and oxygen atoms in total. The van der Waals surface area contributed by atoms with Gasteiger partial charge in [0.15, 0.2) is 0 Å². The molecule has 2 aromatic heterocycles. The summed E-state index contributed by atoms with van der Waals surface area (Å²) in [6.07, 6.45) is 0. The summed E-state index contributed by atoms with van der Waals surface area (Å²) in [4.78, 5) is 12.7. The first-order valence-corrected chi connectivity index (χ1v) is 10.7. The lowest BCUT2D eigenvalue weighted by molar-refractivity contribution is -0.144. The largest absolute Gasteiger partial charge is 0.459 e. The number of benzene rings is 1. The van der Waals surface area contributed by atoms with Crippen molar-refractivity contribution < 1.29 is 17.9 Å². The Hall–Kier alpha value is -1.45. The molecule has 0 radical (unpaired) electrons. The van der Waals surface area contributed by atoms with Gasteiger partial charge in [0.25, 0.3) is 10.0 Å². The van der Waals surface area contributed by atoms with Gasteiger partial charge in [-0.05, 0) is 17.5 Å². The zero-order valence-corrected chi connectivity index (χ0v) is 16.3. The van der Waals surface area contributed by atoms with Gasteiger partial charge >= 0.3 is 5.97 Å². The van der Waals surface area contributed by atoms with E-state index in [0.29, 0.717) is 5.02 Å².